The van der Waals surface area contributed by atoms with Gasteiger partial charge < -0.3 is 25.0 Å². The molecule has 0 radical (unpaired) electrons. The first kappa shape index (κ1) is 24.5. The van der Waals surface area contributed by atoms with Gasteiger partial charge in [0, 0.05) is 39.3 Å². The second kappa shape index (κ2) is 12.8. The van der Waals surface area contributed by atoms with E-state index >= 15 is 0 Å². The van der Waals surface area contributed by atoms with Crippen molar-refractivity contribution in [2.75, 3.05) is 46.4 Å². The van der Waals surface area contributed by atoms with Crippen molar-refractivity contribution in [1.29, 1.82) is 0 Å². The fraction of sp³-hybridized carbons (Fsp3) is 0.667. The molecule has 1 aromatic carbocycles. The Hall–Kier alpha value is -0.770. The maximum Gasteiger partial charge on any atom is 0.191 e. The Balaban J connectivity index is 0.00000300. The van der Waals surface area contributed by atoms with Crippen LogP contribution in [0.1, 0.15) is 26.2 Å². The lowest BCUT2D eigenvalue weighted by atomic mass is 10.0. The quantitative estimate of drug-likeness (QED) is 0.318. The van der Waals surface area contributed by atoms with Crippen LogP contribution in [-0.4, -0.2) is 69.4 Å². The second-order valence-corrected chi connectivity index (χ2v) is 8.17. The molecule has 3 rings (SSSR count). The highest BCUT2D eigenvalue weighted by molar-refractivity contribution is 14.0. The van der Waals surface area contributed by atoms with Crippen molar-refractivity contribution in [1.82, 2.24) is 15.5 Å². The van der Waals surface area contributed by atoms with Crippen LogP contribution in [0.25, 0.3) is 0 Å². The second-order valence-electron chi connectivity index (χ2n) is 7.76. The molecule has 6 nitrogen and oxygen atoms in total. The highest BCUT2D eigenvalue weighted by Crippen LogP contribution is 2.24. The lowest BCUT2D eigenvalue weighted by Crippen LogP contribution is -2.50. The largest absolute Gasteiger partial charge is 0.487 e. The van der Waals surface area contributed by atoms with E-state index in [4.69, 9.17) is 21.1 Å². The van der Waals surface area contributed by atoms with Crippen molar-refractivity contribution < 1.29 is 9.47 Å². The molecule has 2 unspecified atom stereocenters. The molecule has 1 aromatic rings. The van der Waals surface area contributed by atoms with Crippen LogP contribution in [0.4, 0.5) is 0 Å². The van der Waals surface area contributed by atoms with E-state index < -0.39 is 0 Å². The molecule has 164 valence electrons. The molecule has 2 atom stereocenters. The number of para-hydroxylation sites is 1. The number of nitrogens with one attached hydrogen (secondary N) is 2. The Bertz CT molecular complexity index is 635. The highest BCUT2D eigenvalue weighted by Gasteiger charge is 2.24. The summed E-state index contributed by atoms with van der Waals surface area (Å²) in [6.07, 6.45) is 3.47. The van der Waals surface area contributed by atoms with Crippen molar-refractivity contribution >= 4 is 41.5 Å². The van der Waals surface area contributed by atoms with Crippen molar-refractivity contribution in [2.24, 2.45) is 10.9 Å². The molecule has 2 heterocycles. The van der Waals surface area contributed by atoms with Gasteiger partial charge in [0.2, 0.25) is 0 Å². The third kappa shape index (κ3) is 8.11. The monoisotopic (exact) mass is 536 g/mol. The Kier molecular flexibility index (Phi) is 10.8. The Morgan fingerprint density at radius 2 is 2.07 bits per heavy atom. The summed E-state index contributed by atoms with van der Waals surface area (Å²) in [6, 6.07) is 8.01. The summed E-state index contributed by atoms with van der Waals surface area (Å²) in [5.74, 6) is 2.26. The first-order valence-electron chi connectivity index (χ1n) is 10.3. The summed E-state index contributed by atoms with van der Waals surface area (Å²) in [5, 5.41) is 7.56. The van der Waals surface area contributed by atoms with E-state index in [1.807, 2.05) is 38.2 Å². The van der Waals surface area contributed by atoms with Gasteiger partial charge in [-0.1, -0.05) is 23.7 Å². The van der Waals surface area contributed by atoms with Gasteiger partial charge in [-0.2, -0.15) is 0 Å². The summed E-state index contributed by atoms with van der Waals surface area (Å²) in [4.78, 5) is 6.94. The van der Waals surface area contributed by atoms with Crippen molar-refractivity contribution in [3.05, 3.63) is 29.3 Å². The van der Waals surface area contributed by atoms with Crippen LogP contribution in [0.3, 0.4) is 0 Å². The number of ether oxygens (including phenoxy) is 2. The van der Waals surface area contributed by atoms with E-state index in [1.54, 1.807) is 0 Å². The smallest absolute Gasteiger partial charge is 0.191 e. The first-order valence-corrected chi connectivity index (χ1v) is 10.7. The summed E-state index contributed by atoms with van der Waals surface area (Å²) in [6.45, 7) is 8.00. The van der Waals surface area contributed by atoms with Crippen molar-refractivity contribution in [2.45, 2.75) is 38.3 Å². The number of guanidine groups is 1. The van der Waals surface area contributed by atoms with E-state index in [0.29, 0.717) is 23.4 Å². The highest BCUT2D eigenvalue weighted by atomic mass is 127. The van der Waals surface area contributed by atoms with Crippen LogP contribution < -0.4 is 15.4 Å². The maximum absolute atomic E-state index is 6.16. The zero-order chi connectivity index (χ0) is 19.8. The van der Waals surface area contributed by atoms with Gasteiger partial charge in [0.1, 0.15) is 11.9 Å². The number of piperidine rings is 1. The van der Waals surface area contributed by atoms with Gasteiger partial charge >= 0.3 is 0 Å². The first-order chi connectivity index (χ1) is 13.6. The molecule has 29 heavy (non-hydrogen) atoms. The molecule has 2 saturated heterocycles. The number of halogens is 2. The third-order valence-corrected chi connectivity index (χ3v) is 5.73. The number of likely N-dealkylation sites (tertiary alicyclic amines) is 1. The van der Waals surface area contributed by atoms with Crippen LogP contribution in [-0.2, 0) is 4.74 Å². The molecule has 2 N–H and O–H groups in total. The number of benzene rings is 1. The fourth-order valence-corrected chi connectivity index (χ4v) is 3.96. The van der Waals surface area contributed by atoms with Gasteiger partial charge in [0.15, 0.2) is 5.96 Å². The molecule has 0 spiro atoms. The summed E-state index contributed by atoms with van der Waals surface area (Å²) in [5.41, 5.74) is 0. The van der Waals surface area contributed by atoms with Crippen molar-refractivity contribution in [3.63, 3.8) is 0 Å². The predicted molar refractivity (Wildman–Crippen MR) is 130 cm³/mol. The minimum Gasteiger partial charge on any atom is -0.487 e. The summed E-state index contributed by atoms with van der Waals surface area (Å²) < 4.78 is 11.4. The van der Waals surface area contributed by atoms with Crippen LogP contribution in [0.2, 0.25) is 5.02 Å². The lowest BCUT2D eigenvalue weighted by Gasteiger charge is -2.34. The average Bonchev–Trinajstić information content (AvgIpc) is 3.21. The van der Waals surface area contributed by atoms with Gasteiger partial charge in [-0.3, -0.25) is 4.99 Å². The van der Waals surface area contributed by atoms with Crippen LogP contribution in [0.15, 0.2) is 29.3 Å². The Morgan fingerprint density at radius 1 is 1.31 bits per heavy atom. The topological polar surface area (TPSA) is 58.1 Å². The van der Waals surface area contributed by atoms with Crippen LogP contribution >= 0.6 is 35.6 Å². The molecule has 0 bridgehead atoms. The average molecular weight is 537 g/mol. The van der Waals surface area contributed by atoms with Gasteiger partial charge in [0.05, 0.1) is 18.2 Å². The predicted octanol–water partition coefficient (Wildman–Crippen LogP) is 3.39. The molecule has 0 aromatic heterocycles. The van der Waals surface area contributed by atoms with E-state index in [9.17, 15) is 0 Å². The lowest BCUT2D eigenvalue weighted by molar-refractivity contribution is 0.150. The molecule has 2 aliphatic heterocycles. The summed E-state index contributed by atoms with van der Waals surface area (Å²) in [7, 11) is 1.81. The Labute approximate surface area is 196 Å². The minimum absolute atomic E-state index is 0. The number of nitrogens with zero attached hydrogens (tertiary/aromatic N) is 2. The fourth-order valence-electron chi connectivity index (χ4n) is 3.78. The number of aliphatic imine (C=N–C) groups is 1. The normalized spacial score (nSPS) is 22.0. The molecule has 8 heteroatoms. The molecule has 2 aliphatic rings. The SMILES string of the molecule is CN=C(NCC(C)Oc1ccccc1Cl)NC1CCN(CC2CCOC2)CC1.I. The van der Waals surface area contributed by atoms with Crippen molar-refractivity contribution in [3.8, 4) is 5.75 Å². The Morgan fingerprint density at radius 3 is 2.72 bits per heavy atom. The molecule has 0 saturated carbocycles. The molecule has 0 aliphatic carbocycles. The number of rotatable bonds is 7. The molecular formula is C21H34ClIN4O2. The zero-order valence-corrected chi connectivity index (χ0v) is 20.5. The third-order valence-electron chi connectivity index (χ3n) is 5.41. The van der Waals surface area contributed by atoms with Gasteiger partial charge in [-0.05, 0) is 44.2 Å². The van der Waals surface area contributed by atoms with E-state index in [1.165, 1.54) is 13.0 Å². The molecule has 0 amide bonds. The van der Waals surface area contributed by atoms with E-state index in [-0.39, 0.29) is 30.1 Å². The van der Waals surface area contributed by atoms with Gasteiger partial charge in [-0.25, -0.2) is 0 Å². The van der Waals surface area contributed by atoms with Crippen LogP contribution in [0, 0.1) is 5.92 Å². The van der Waals surface area contributed by atoms with E-state index in [2.05, 4.69) is 20.5 Å². The van der Waals surface area contributed by atoms with Gasteiger partial charge in [-0.15, -0.1) is 24.0 Å². The number of hydrogen-bond acceptors (Lipinski definition) is 4. The minimum atomic E-state index is -0.0195. The van der Waals surface area contributed by atoms with E-state index in [0.717, 1.165) is 51.0 Å². The molecular weight excluding hydrogens is 503 g/mol. The van der Waals surface area contributed by atoms with Gasteiger partial charge in [0.25, 0.3) is 0 Å². The number of hydrogen-bond donors (Lipinski definition) is 2. The molecule has 2 fully saturated rings. The summed E-state index contributed by atoms with van der Waals surface area (Å²) >= 11 is 6.16. The maximum atomic E-state index is 6.16. The van der Waals surface area contributed by atoms with Crippen LogP contribution in [0.5, 0.6) is 5.75 Å². The standard InChI is InChI=1S/C21H33ClN4O2.HI/c1-16(28-20-6-4-3-5-19(20)22)13-24-21(23-2)25-18-7-10-26(11-8-18)14-17-9-12-27-15-17;/h3-6,16-18H,7-15H2,1-2H3,(H2,23,24,25);1H. The zero-order valence-electron chi connectivity index (χ0n) is 17.4.